The Morgan fingerprint density at radius 3 is 2.79 bits per heavy atom. The van der Waals surface area contributed by atoms with Gasteiger partial charge in [-0.2, -0.15) is 0 Å². The predicted octanol–water partition coefficient (Wildman–Crippen LogP) is 2.17. The summed E-state index contributed by atoms with van der Waals surface area (Å²) in [6.45, 7) is 3.39. The highest BCUT2D eigenvalue weighted by atomic mass is 19.1. The van der Waals surface area contributed by atoms with Crippen LogP contribution in [0.4, 0.5) is 10.1 Å². The number of anilines is 1. The second-order valence-corrected chi connectivity index (χ2v) is 4.41. The average molecular weight is 265 g/mol. The van der Waals surface area contributed by atoms with Crippen LogP contribution in [0.25, 0.3) is 0 Å². The van der Waals surface area contributed by atoms with E-state index in [-0.39, 0.29) is 5.56 Å². The Hall–Kier alpha value is -1.75. The largest absolute Gasteiger partial charge is 0.380 e. The van der Waals surface area contributed by atoms with Crippen molar-refractivity contribution in [1.29, 1.82) is 0 Å². The number of benzene rings is 1. The summed E-state index contributed by atoms with van der Waals surface area (Å²) in [4.78, 5) is 24.8. The van der Waals surface area contributed by atoms with E-state index >= 15 is 0 Å². The number of hydrogen-bond donors (Lipinski definition) is 0. The third-order valence-corrected chi connectivity index (χ3v) is 3.03. The zero-order valence-corrected chi connectivity index (χ0v) is 10.8. The van der Waals surface area contributed by atoms with Gasteiger partial charge >= 0.3 is 0 Å². The van der Waals surface area contributed by atoms with Gasteiger partial charge < -0.3 is 9.64 Å². The molecule has 19 heavy (non-hydrogen) atoms. The van der Waals surface area contributed by atoms with Crippen LogP contribution >= 0.6 is 0 Å². The molecule has 1 aromatic rings. The highest BCUT2D eigenvalue weighted by Crippen LogP contribution is 2.29. The summed E-state index contributed by atoms with van der Waals surface area (Å²) in [6.07, 6.45) is 2.01. The van der Waals surface area contributed by atoms with Crippen LogP contribution in [0.1, 0.15) is 30.1 Å². The molecule has 1 aliphatic rings. The number of fused-ring (bicyclic) bond motifs is 1. The van der Waals surface area contributed by atoms with Crippen molar-refractivity contribution in [2.24, 2.45) is 0 Å². The van der Waals surface area contributed by atoms with Crippen LogP contribution in [-0.4, -0.2) is 31.4 Å². The molecule has 1 aliphatic heterocycles. The summed E-state index contributed by atoms with van der Waals surface area (Å²) in [6, 6.07) is 3.81. The van der Waals surface area contributed by atoms with Crippen molar-refractivity contribution in [1.82, 2.24) is 0 Å². The first-order chi connectivity index (χ1) is 9.15. The highest BCUT2D eigenvalue weighted by Gasteiger charge is 2.35. The molecule has 1 aromatic carbocycles. The van der Waals surface area contributed by atoms with Crippen molar-refractivity contribution < 1.29 is 18.7 Å². The number of carbonyl (C=O) groups excluding carboxylic acids is 2. The Morgan fingerprint density at radius 2 is 2.05 bits per heavy atom. The molecule has 1 heterocycles. The van der Waals surface area contributed by atoms with Crippen LogP contribution in [0.5, 0.6) is 0 Å². The second-order valence-electron chi connectivity index (χ2n) is 4.41. The summed E-state index contributed by atoms with van der Waals surface area (Å²) >= 11 is 0. The lowest BCUT2D eigenvalue weighted by atomic mass is 10.1. The molecule has 4 nitrogen and oxygen atoms in total. The van der Waals surface area contributed by atoms with Gasteiger partial charge in [-0.15, -0.1) is 0 Å². The molecule has 0 bridgehead atoms. The predicted molar refractivity (Wildman–Crippen MR) is 68.8 cm³/mol. The molecule has 0 aliphatic carbocycles. The normalized spacial score (nSPS) is 14.1. The second kappa shape index (κ2) is 5.93. The van der Waals surface area contributed by atoms with Crippen LogP contribution in [0.3, 0.4) is 0 Å². The maximum absolute atomic E-state index is 13.1. The van der Waals surface area contributed by atoms with Crippen LogP contribution in [0.2, 0.25) is 0 Å². The smallest absolute Gasteiger partial charge is 0.299 e. The van der Waals surface area contributed by atoms with Gasteiger partial charge in [0.25, 0.3) is 11.7 Å². The van der Waals surface area contributed by atoms with E-state index in [0.717, 1.165) is 18.9 Å². The summed E-state index contributed by atoms with van der Waals surface area (Å²) in [5.74, 6) is -1.77. The monoisotopic (exact) mass is 265 g/mol. The van der Waals surface area contributed by atoms with Gasteiger partial charge in [0.05, 0.1) is 17.9 Å². The number of unbranched alkanes of at least 4 members (excludes halogenated alkanes) is 1. The first-order valence-corrected chi connectivity index (χ1v) is 6.38. The van der Waals surface area contributed by atoms with Gasteiger partial charge in [0, 0.05) is 13.2 Å². The molecule has 0 radical (unpaired) electrons. The van der Waals surface area contributed by atoms with Crippen molar-refractivity contribution in [3.05, 3.63) is 29.6 Å². The Kier molecular flexibility index (Phi) is 4.27. The highest BCUT2D eigenvalue weighted by molar-refractivity contribution is 6.52. The lowest BCUT2D eigenvalue weighted by molar-refractivity contribution is -0.114. The Labute approximate surface area is 111 Å². The fraction of sp³-hybridized carbons (Fsp3) is 0.429. The zero-order chi connectivity index (χ0) is 13.8. The van der Waals surface area contributed by atoms with Crippen molar-refractivity contribution in [3.63, 3.8) is 0 Å². The van der Waals surface area contributed by atoms with Crippen molar-refractivity contribution in [2.75, 3.05) is 24.7 Å². The van der Waals surface area contributed by atoms with Crippen LogP contribution in [-0.2, 0) is 9.53 Å². The van der Waals surface area contributed by atoms with Crippen LogP contribution in [0, 0.1) is 5.82 Å². The van der Waals surface area contributed by atoms with E-state index in [2.05, 4.69) is 6.92 Å². The number of rotatable bonds is 6. The topological polar surface area (TPSA) is 46.6 Å². The summed E-state index contributed by atoms with van der Waals surface area (Å²) in [7, 11) is 0. The molecule has 0 spiro atoms. The Balaban J connectivity index is 2.02. The summed E-state index contributed by atoms with van der Waals surface area (Å²) in [5, 5.41) is 0. The first-order valence-electron chi connectivity index (χ1n) is 6.38. The number of ketones is 1. The lowest BCUT2D eigenvalue weighted by Crippen LogP contribution is -2.32. The van der Waals surface area contributed by atoms with Gasteiger partial charge in [-0.1, -0.05) is 13.3 Å². The molecule has 102 valence electrons. The lowest BCUT2D eigenvalue weighted by Gasteiger charge is -2.16. The van der Waals surface area contributed by atoms with Crippen molar-refractivity contribution >= 4 is 17.4 Å². The minimum absolute atomic E-state index is 0.138. The molecule has 0 fully saturated rings. The fourth-order valence-electron chi connectivity index (χ4n) is 2.00. The zero-order valence-electron chi connectivity index (χ0n) is 10.8. The number of Topliss-reactive ketones (excluding diaryl/α,β-unsaturated/α-hetero) is 1. The third kappa shape index (κ3) is 2.81. The van der Waals surface area contributed by atoms with Gasteiger partial charge in [0.15, 0.2) is 0 Å². The summed E-state index contributed by atoms with van der Waals surface area (Å²) in [5.41, 5.74) is 0.606. The molecule has 1 amide bonds. The van der Waals surface area contributed by atoms with Gasteiger partial charge in [-0.05, 0) is 24.6 Å². The number of nitrogens with zero attached hydrogens (tertiary/aromatic N) is 1. The SMILES string of the molecule is CCCCOCCN1C(=O)C(=O)c2cc(F)ccc21. The Morgan fingerprint density at radius 1 is 1.26 bits per heavy atom. The minimum atomic E-state index is -0.650. The molecule has 2 rings (SSSR count). The van der Waals surface area contributed by atoms with E-state index < -0.39 is 17.5 Å². The standard InChI is InChI=1S/C14H16FNO3/c1-2-3-7-19-8-6-16-12-5-4-10(15)9-11(12)13(17)14(16)18/h4-5,9H,2-3,6-8H2,1H3. The summed E-state index contributed by atoms with van der Waals surface area (Å²) < 4.78 is 18.5. The van der Waals surface area contributed by atoms with Crippen molar-refractivity contribution in [3.8, 4) is 0 Å². The maximum Gasteiger partial charge on any atom is 0.299 e. The number of hydrogen-bond acceptors (Lipinski definition) is 3. The van der Waals surface area contributed by atoms with Gasteiger partial charge in [-0.25, -0.2) is 4.39 Å². The van der Waals surface area contributed by atoms with Crippen LogP contribution in [0.15, 0.2) is 18.2 Å². The first kappa shape index (κ1) is 13.7. The minimum Gasteiger partial charge on any atom is -0.380 e. The molecule has 0 saturated carbocycles. The molecular formula is C14H16FNO3. The van der Waals surface area contributed by atoms with Crippen LogP contribution < -0.4 is 4.90 Å². The van der Waals surface area contributed by atoms with E-state index in [9.17, 15) is 14.0 Å². The number of amides is 1. The number of ether oxygens (including phenoxy) is 1. The van der Waals surface area contributed by atoms with E-state index in [4.69, 9.17) is 4.74 Å². The molecular weight excluding hydrogens is 249 g/mol. The molecule has 0 atom stereocenters. The molecule has 0 N–H and O–H groups in total. The Bertz CT molecular complexity index is 501. The van der Waals surface area contributed by atoms with E-state index in [0.29, 0.717) is 25.4 Å². The third-order valence-electron chi connectivity index (χ3n) is 3.03. The van der Waals surface area contributed by atoms with E-state index in [1.807, 2.05) is 0 Å². The molecule has 0 aromatic heterocycles. The van der Waals surface area contributed by atoms with E-state index in [1.54, 1.807) is 0 Å². The number of halogens is 1. The van der Waals surface area contributed by atoms with E-state index in [1.165, 1.54) is 17.0 Å². The fourth-order valence-corrected chi connectivity index (χ4v) is 2.00. The van der Waals surface area contributed by atoms with Gasteiger partial charge in [0.2, 0.25) is 0 Å². The van der Waals surface area contributed by atoms with Crippen molar-refractivity contribution in [2.45, 2.75) is 19.8 Å². The molecule has 5 heteroatoms. The van der Waals surface area contributed by atoms with Gasteiger partial charge in [-0.3, -0.25) is 9.59 Å². The average Bonchev–Trinajstić information content (AvgIpc) is 2.63. The molecule has 0 saturated heterocycles. The quantitative estimate of drug-likeness (QED) is 0.585. The maximum atomic E-state index is 13.1. The number of carbonyl (C=O) groups is 2. The van der Waals surface area contributed by atoms with Gasteiger partial charge in [0.1, 0.15) is 5.82 Å². The molecule has 0 unspecified atom stereocenters.